The van der Waals surface area contributed by atoms with E-state index in [0.717, 1.165) is 23.9 Å². The average Bonchev–Trinajstić information content (AvgIpc) is 2.38. The molecule has 2 N–H and O–H groups in total. The summed E-state index contributed by atoms with van der Waals surface area (Å²) in [4.78, 5) is 0. The Kier molecular flexibility index (Phi) is 4.90. The van der Waals surface area contributed by atoms with Gasteiger partial charge in [0, 0.05) is 17.5 Å². The first kappa shape index (κ1) is 13.2. The number of rotatable bonds is 6. The molecule has 0 aliphatic rings. The number of thioether (sulfide) groups is 1. The van der Waals surface area contributed by atoms with Crippen LogP contribution in [0.25, 0.3) is 10.8 Å². The second-order valence-electron chi connectivity index (χ2n) is 4.41. The molecular formula is C15H19NOS. The Bertz CT molecular complexity index is 499. The lowest BCUT2D eigenvalue weighted by molar-refractivity contribution is 0.344. The van der Waals surface area contributed by atoms with E-state index in [9.17, 15) is 0 Å². The molecule has 0 spiro atoms. The molecule has 0 bridgehead atoms. The van der Waals surface area contributed by atoms with E-state index < -0.39 is 0 Å². The van der Waals surface area contributed by atoms with Crippen molar-refractivity contribution in [3.05, 3.63) is 42.5 Å². The topological polar surface area (TPSA) is 35.2 Å². The van der Waals surface area contributed by atoms with Crippen molar-refractivity contribution in [2.24, 2.45) is 5.73 Å². The molecule has 0 aliphatic heterocycles. The third kappa shape index (κ3) is 3.93. The third-order valence-electron chi connectivity index (χ3n) is 2.60. The summed E-state index contributed by atoms with van der Waals surface area (Å²) in [5.41, 5.74) is 5.69. The maximum Gasteiger partial charge on any atom is 0.119 e. The Morgan fingerprint density at radius 3 is 2.72 bits per heavy atom. The van der Waals surface area contributed by atoms with E-state index in [4.69, 9.17) is 10.5 Å². The van der Waals surface area contributed by atoms with Crippen molar-refractivity contribution in [1.82, 2.24) is 0 Å². The van der Waals surface area contributed by atoms with Gasteiger partial charge in [-0.05, 0) is 29.8 Å². The van der Waals surface area contributed by atoms with Crippen LogP contribution in [0.4, 0.5) is 0 Å². The van der Waals surface area contributed by atoms with Crippen LogP contribution in [0.2, 0.25) is 0 Å². The summed E-state index contributed by atoms with van der Waals surface area (Å²) in [5, 5.41) is 2.47. The van der Waals surface area contributed by atoms with Gasteiger partial charge in [0.25, 0.3) is 0 Å². The van der Waals surface area contributed by atoms with Gasteiger partial charge >= 0.3 is 0 Å². The number of hydrogen-bond acceptors (Lipinski definition) is 3. The first-order valence-corrected chi connectivity index (χ1v) is 7.36. The highest BCUT2D eigenvalue weighted by atomic mass is 32.2. The van der Waals surface area contributed by atoms with Gasteiger partial charge in [-0.2, -0.15) is 11.8 Å². The van der Waals surface area contributed by atoms with Crippen molar-refractivity contribution in [2.75, 3.05) is 18.1 Å². The van der Waals surface area contributed by atoms with Gasteiger partial charge in [0.05, 0.1) is 6.61 Å². The minimum absolute atomic E-state index is 0.260. The van der Waals surface area contributed by atoms with E-state index in [-0.39, 0.29) is 6.04 Å². The summed E-state index contributed by atoms with van der Waals surface area (Å²) >= 11 is 1.83. The quantitative estimate of drug-likeness (QED) is 0.810. The molecule has 1 atom stereocenters. The molecule has 2 aromatic rings. The van der Waals surface area contributed by atoms with Gasteiger partial charge in [0.2, 0.25) is 0 Å². The molecule has 2 rings (SSSR count). The molecule has 2 nitrogen and oxygen atoms in total. The number of ether oxygens (including phenoxy) is 1. The maximum absolute atomic E-state index is 5.73. The molecule has 96 valence electrons. The van der Waals surface area contributed by atoms with E-state index in [1.165, 1.54) is 10.8 Å². The highest BCUT2D eigenvalue weighted by Crippen LogP contribution is 2.20. The van der Waals surface area contributed by atoms with Crippen LogP contribution in [0.15, 0.2) is 42.5 Å². The minimum atomic E-state index is 0.260. The lowest BCUT2D eigenvalue weighted by Crippen LogP contribution is -2.18. The Hall–Kier alpha value is -1.19. The van der Waals surface area contributed by atoms with Crippen LogP contribution in [-0.2, 0) is 0 Å². The van der Waals surface area contributed by atoms with E-state index >= 15 is 0 Å². The van der Waals surface area contributed by atoms with Gasteiger partial charge < -0.3 is 10.5 Å². The van der Waals surface area contributed by atoms with Gasteiger partial charge in [-0.1, -0.05) is 30.3 Å². The van der Waals surface area contributed by atoms with Crippen molar-refractivity contribution in [3.63, 3.8) is 0 Å². The molecule has 0 amide bonds. The van der Waals surface area contributed by atoms with Gasteiger partial charge in [0.1, 0.15) is 5.75 Å². The second kappa shape index (κ2) is 6.66. The van der Waals surface area contributed by atoms with Crippen LogP contribution in [0.1, 0.15) is 6.92 Å². The summed E-state index contributed by atoms with van der Waals surface area (Å²) in [5.74, 6) is 2.91. The molecule has 0 heterocycles. The molecular weight excluding hydrogens is 242 g/mol. The monoisotopic (exact) mass is 261 g/mol. The highest BCUT2D eigenvalue weighted by Gasteiger charge is 1.98. The number of nitrogens with two attached hydrogens (primary N) is 1. The van der Waals surface area contributed by atoms with Crippen LogP contribution in [-0.4, -0.2) is 24.2 Å². The van der Waals surface area contributed by atoms with E-state index in [1.54, 1.807) is 0 Å². The molecule has 0 saturated carbocycles. The van der Waals surface area contributed by atoms with Crippen molar-refractivity contribution in [2.45, 2.75) is 13.0 Å². The molecule has 3 heteroatoms. The largest absolute Gasteiger partial charge is 0.493 e. The summed E-state index contributed by atoms with van der Waals surface area (Å²) in [6.07, 6.45) is 0. The molecule has 0 saturated heterocycles. The van der Waals surface area contributed by atoms with Crippen molar-refractivity contribution in [3.8, 4) is 5.75 Å². The summed E-state index contributed by atoms with van der Waals surface area (Å²) in [6.45, 7) is 2.76. The van der Waals surface area contributed by atoms with Crippen LogP contribution in [0.3, 0.4) is 0 Å². The second-order valence-corrected chi connectivity index (χ2v) is 5.56. The maximum atomic E-state index is 5.73. The fourth-order valence-electron chi connectivity index (χ4n) is 1.74. The zero-order valence-corrected chi connectivity index (χ0v) is 11.5. The smallest absolute Gasteiger partial charge is 0.119 e. The zero-order valence-electron chi connectivity index (χ0n) is 10.6. The molecule has 2 aromatic carbocycles. The first-order chi connectivity index (χ1) is 8.75. The number of benzene rings is 2. The zero-order chi connectivity index (χ0) is 12.8. The SMILES string of the molecule is CC(N)CSCCOc1ccc2ccccc2c1. The Balaban J connectivity index is 1.84. The van der Waals surface area contributed by atoms with Crippen LogP contribution < -0.4 is 10.5 Å². The predicted molar refractivity (Wildman–Crippen MR) is 80.4 cm³/mol. The summed E-state index contributed by atoms with van der Waals surface area (Å²) in [7, 11) is 0. The lowest BCUT2D eigenvalue weighted by atomic mass is 10.1. The minimum Gasteiger partial charge on any atom is -0.493 e. The molecule has 0 radical (unpaired) electrons. The van der Waals surface area contributed by atoms with Crippen LogP contribution >= 0.6 is 11.8 Å². The van der Waals surface area contributed by atoms with E-state index in [0.29, 0.717) is 0 Å². The predicted octanol–water partition coefficient (Wildman–Crippen LogP) is 3.30. The van der Waals surface area contributed by atoms with Gasteiger partial charge in [0.15, 0.2) is 0 Å². The summed E-state index contributed by atoms with van der Waals surface area (Å²) < 4.78 is 5.73. The highest BCUT2D eigenvalue weighted by molar-refractivity contribution is 7.99. The van der Waals surface area contributed by atoms with Gasteiger partial charge in [-0.3, -0.25) is 0 Å². The molecule has 0 aliphatic carbocycles. The Labute approximate surface area is 113 Å². The fourth-order valence-corrected chi connectivity index (χ4v) is 2.48. The Morgan fingerprint density at radius 2 is 1.94 bits per heavy atom. The van der Waals surface area contributed by atoms with Gasteiger partial charge in [-0.15, -0.1) is 0 Å². The van der Waals surface area contributed by atoms with Crippen LogP contribution in [0.5, 0.6) is 5.75 Å². The van der Waals surface area contributed by atoms with Crippen LogP contribution in [0, 0.1) is 0 Å². The van der Waals surface area contributed by atoms with E-state index in [1.807, 2.05) is 36.9 Å². The summed E-state index contributed by atoms with van der Waals surface area (Å²) in [6, 6.07) is 14.8. The Morgan fingerprint density at radius 1 is 1.17 bits per heavy atom. The third-order valence-corrected chi connectivity index (χ3v) is 3.81. The van der Waals surface area contributed by atoms with Crippen molar-refractivity contribution >= 4 is 22.5 Å². The van der Waals surface area contributed by atoms with Gasteiger partial charge in [-0.25, -0.2) is 0 Å². The standard InChI is InChI=1S/C15H19NOS/c1-12(16)11-18-9-8-17-15-7-6-13-4-2-3-5-14(13)10-15/h2-7,10,12H,8-9,11,16H2,1H3. The molecule has 18 heavy (non-hydrogen) atoms. The molecule has 1 unspecified atom stereocenters. The molecule has 0 fully saturated rings. The normalized spacial score (nSPS) is 12.6. The van der Waals surface area contributed by atoms with E-state index in [2.05, 4.69) is 24.3 Å². The average molecular weight is 261 g/mol. The number of fused-ring (bicyclic) bond motifs is 1. The van der Waals surface area contributed by atoms with Crippen molar-refractivity contribution in [1.29, 1.82) is 0 Å². The van der Waals surface area contributed by atoms with Crippen molar-refractivity contribution < 1.29 is 4.74 Å². The fraction of sp³-hybridized carbons (Fsp3) is 0.333. The first-order valence-electron chi connectivity index (χ1n) is 6.20. The molecule has 0 aromatic heterocycles. The number of hydrogen-bond donors (Lipinski definition) is 1. The lowest BCUT2D eigenvalue weighted by Gasteiger charge is -2.08.